The predicted molar refractivity (Wildman–Crippen MR) is 121 cm³/mol. The molecular formula is C25H24N2O4. The smallest absolute Gasteiger partial charge is 0.197 e. The fourth-order valence-corrected chi connectivity index (χ4v) is 3.57. The number of ether oxygens (including phenoxy) is 1. The minimum absolute atomic E-state index is 0.0600. The molecule has 6 heteroatoms. The Balaban J connectivity index is 1.70. The van der Waals surface area contributed by atoms with Gasteiger partial charge in [0, 0.05) is 23.4 Å². The van der Waals surface area contributed by atoms with E-state index in [9.17, 15) is 9.90 Å². The van der Waals surface area contributed by atoms with Crippen LogP contribution in [0, 0.1) is 0 Å². The van der Waals surface area contributed by atoms with Crippen molar-refractivity contribution in [2.75, 3.05) is 11.5 Å². The van der Waals surface area contributed by atoms with Crippen LogP contribution in [-0.2, 0) is 13.0 Å². The molecule has 31 heavy (non-hydrogen) atoms. The average Bonchev–Trinajstić information content (AvgIpc) is 3.13. The number of anilines is 2. The topological polar surface area (TPSA) is 112 Å². The van der Waals surface area contributed by atoms with Crippen LogP contribution >= 0.6 is 0 Å². The van der Waals surface area contributed by atoms with Gasteiger partial charge in [-0.05, 0) is 36.2 Å². The maximum atomic E-state index is 13.3. The molecule has 0 aliphatic rings. The summed E-state index contributed by atoms with van der Waals surface area (Å²) in [5.74, 6) is 0.791. The number of carbonyl (C=O) groups excluding carboxylic acids is 1. The van der Waals surface area contributed by atoms with E-state index in [1.807, 2.05) is 49.4 Å². The van der Waals surface area contributed by atoms with Gasteiger partial charge in [-0.1, -0.05) is 37.3 Å². The van der Waals surface area contributed by atoms with Crippen LogP contribution in [0.1, 0.15) is 40.6 Å². The first-order valence-electron chi connectivity index (χ1n) is 10.1. The van der Waals surface area contributed by atoms with E-state index < -0.39 is 0 Å². The highest BCUT2D eigenvalue weighted by Crippen LogP contribution is 2.34. The second-order valence-corrected chi connectivity index (χ2v) is 7.41. The third kappa shape index (κ3) is 4.05. The summed E-state index contributed by atoms with van der Waals surface area (Å²) in [4.78, 5) is 13.3. The van der Waals surface area contributed by atoms with Crippen molar-refractivity contribution in [2.24, 2.45) is 0 Å². The molecule has 0 aliphatic carbocycles. The maximum absolute atomic E-state index is 13.3. The van der Waals surface area contributed by atoms with Gasteiger partial charge >= 0.3 is 0 Å². The molecule has 158 valence electrons. The normalized spacial score (nSPS) is 11.0. The largest absolute Gasteiger partial charge is 0.504 e. The van der Waals surface area contributed by atoms with Crippen LogP contribution in [0.15, 0.2) is 65.1 Å². The molecule has 0 unspecified atom stereocenters. The van der Waals surface area contributed by atoms with Crippen LogP contribution in [0.2, 0.25) is 0 Å². The molecule has 0 radical (unpaired) electrons. The highest BCUT2D eigenvalue weighted by molar-refractivity contribution is 6.17. The zero-order valence-corrected chi connectivity index (χ0v) is 17.2. The summed E-state index contributed by atoms with van der Waals surface area (Å²) in [5, 5.41) is 10.5. The van der Waals surface area contributed by atoms with E-state index in [0.717, 1.165) is 12.0 Å². The van der Waals surface area contributed by atoms with Crippen LogP contribution in [0.5, 0.6) is 11.5 Å². The minimum Gasteiger partial charge on any atom is -0.504 e. The number of hydrogen-bond donors (Lipinski definition) is 3. The van der Waals surface area contributed by atoms with Gasteiger partial charge in [-0.2, -0.15) is 0 Å². The highest BCUT2D eigenvalue weighted by Gasteiger charge is 2.23. The number of nitrogens with two attached hydrogens (primary N) is 2. The third-order valence-corrected chi connectivity index (χ3v) is 5.12. The van der Waals surface area contributed by atoms with Crippen molar-refractivity contribution in [1.82, 2.24) is 0 Å². The number of ketones is 1. The lowest BCUT2D eigenvalue weighted by molar-refractivity contribution is 0.103. The maximum Gasteiger partial charge on any atom is 0.197 e. The number of phenols is 1. The first-order valence-corrected chi connectivity index (χ1v) is 10.1. The zero-order valence-electron chi connectivity index (χ0n) is 17.2. The van der Waals surface area contributed by atoms with Crippen molar-refractivity contribution in [3.8, 4) is 11.5 Å². The highest BCUT2D eigenvalue weighted by atomic mass is 16.5. The first kappa shape index (κ1) is 20.3. The lowest BCUT2D eigenvalue weighted by Gasteiger charge is -2.08. The number of rotatable bonds is 7. The fourth-order valence-electron chi connectivity index (χ4n) is 3.57. The van der Waals surface area contributed by atoms with Gasteiger partial charge in [0.1, 0.15) is 23.7 Å². The lowest BCUT2D eigenvalue weighted by Crippen LogP contribution is -2.06. The Kier molecular flexibility index (Phi) is 5.54. The van der Waals surface area contributed by atoms with Gasteiger partial charge in [-0.25, -0.2) is 0 Å². The SMILES string of the molecule is CCCc1oc2cc(OCc3ccccc3)ccc2c1C(=O)c1cc(N)c(O)c(N)c1. The van der Waals surface area contributed by atoms with Crippen molar-refractivity contribution in [1.29, 1.82) is 0 Å². The monoisotopic (exact) mass is 416 g/mol. The van der Waals surface area contributed by atoms with Crippen LogP contribution in [-0.4, -0.2) is 10.9 Å². The van der Waals surface area contributed by atoms with E-state index in [-0.39, 0.29) is 22.9 Å². The quantitative estimate of drug-likeness (QED) is 0.220. The molecule has 1 aromatic heterocycles. The average molecular weight is 416 g/mol. The van der Waals surface area contributed by atoms with E-state index in [0.29, 0.717) is 46.6 Å². The fraction of sp³-hybridized carbons (Fsp3) is 0.160. The van der Waals surface area contributed by atoms with Gasteiger partial charge in [0.25, 0.3) is 0 Å². The Morgan fingerprint density at radius 3 is 2.42 bits per heavy atom. The van der Waals surface area contributed by atoms with E-state index in [4.69, 9.17) is 20.6 Å². The van der Waals surface area contributed by atoms with Crippen molar-refractivity contribution in [2.45, 2.75) is 26.4 Å². The van der Waals surface area contributed by atoms with Gasteiger partial charge in [-0.15, -0.1) is 0 Å². The third-order valence-electron chi connectivity index (χ3n) is 5.12. The van der Waals surface area contributed by atoms with Crippen molar-refractivity contribution >= 4 is 28.1 Å². The molecule has 6 nitrogen and oxygen atoms in total. The summed E-state index contributed by atoms with van der Waals surface area (Å²) in [6.45, 7) is 2.46. The molecule has 1 heterocycles. The molecule has 0 saturated carbocycles. The number of fused-ring (bicyclic) bond motifs is 1. The van der Waals surface area contributed by atoms with Gasteiger partial charge in [-0.3, -0.25) is 4.79 Å². The van der Waals surface area contributed by atoms with Gasteiger partial charge in [0.2, 0.25) is 0 Å². The summed E-state index contributed by atoms with van der Waals surface area (Å²) in [7, 11) is 0. The molecule has 0 spiro atoms. The van der Waals surface area contributed by atoms with Crippen molar-refractivity contribution < 1.29 is 19.1 Å². The Labute approximate surface area is 180 Å². The molecule has 4 rings (SSSR count). The number of benzene rings is 3. The van der Waals surface area contributed by atoms with Crippen molar-refractivity contribution in [3.05, 3.63) is 83.1 Å². The number of hydrogen-bond acceptors (Lipinski definition) is 6. The lowest BCUT2D eigenvalue weighted by atomic mass is 9.97. The second-order valence-electron chi connectivity index (χ2n) is 7.41. The summed E-state index contributed by atoms with van der Waals surface area (Å²) in [5.41, 5.74) is 14.2. The number of nitrogen functional groups attached to an aromatic ring is 2. The summed E-state index contributed by atoms with van der Waals surface area (Å²) >= 11 is 0. The Hall–Kier alpha value is -3.93. The molecule has 0 atom stereocenters. The molecule has 3 aromatic carbocycles. The number of aryl methyl sites for hydroxylation is 1. The van der Waals surface area contributed by atoms with E-state index in [1.165, 1.54) is 12.1 Å². The van der Waals surface area contributed by atoms with Crippen LogP contribution in [0.3, 0.4) is 0 Å². The second kappa shape index (κ2) is 8.44. The molecule has 4 aromatic rings. The number of phenolic OH excluding ortho intramolecular Hbond substituents is 1. The summed E-state index contributed by atoms with van der Waals surface area (Å²) in [6, 6.07) is 18.2. The van der Waals surface area contributed by atoms with Gasteiger partial charge in [0.05, 0.1) is 16.9 Å². The molecule has 5 N–H and O–H groups in total. The number of furan rings is 1. The Bertz CT molecular complexity index is 1220. The van der Waals surface area contributed by atoms with Crippen LogP contribution in [0.25, 0.3) is 11.0 Å². The molecule has 0 aliphatic heterocycles. The van der Waals surface area contributed by atoms with Crippen LogP contribution < -0.4 is 16.2 Å². The van der Waals surface area contributed by atoms with E-state index in [2.05, 4.69) is 0 Å². The van der Waals surface area contributed by atoms with Crippen molar-refractivity contribution in [3.63, 3.8) is 0 Å². The van der Waals surface area contributed by atoms with Crippen LogP contribution in [0.4, 0.5) is 11.4 Å². The number of carbonyl (C=O) groups is 1. The molecule has 0 saturated heterocycles. The molecule has 0 fully saturated rings. The van der Waals surface area contributed by atoms with E-state index >= 15 is 0 Å². The predicted octanol–water partition coefficient (Wildman–Crippen LogP) is 5.07. The van der Waals surface area contributed by atoms with E-state index in [1.54, 1.807) is 6.07 Å². The number of aromatic hydroxyl groups is 1. The zero-order chi connectivity index (χ0) is 22.0. The molecular weight excluding hydrogens is 392 g/mol. The Morgan fingerprint density at radius 2 is 1.74 bits per heavy atom. The minimum atomic E-state index is -0.251. The molecule has 0 bridgehead atoms. The molecule has 0 amide bonds. The Morgan fingerprint density at radius 1 is 1.03 bits per heavy atom. The summed E-state index contributed by atoms with van der Waals surface area (Å²) < 4.78 is 11.9. The standard InChI is InChI=1S/C25H24N2O4/c1-2-6-21-23(24(28)16-11-19(26)25(29)20(27)12-16)18-10-9-17(13-22(18)31-21)30-14-15-7-4-3-5-8-15/h3-5,7-13,29H,2,6,14,26-27H2,1H3. The van der Waals surface area contributed by atoms with Gasteiger partial charge in [0.15, 0.2) is 11.5 Å². The first-order chi connectivity index (χ1) is 15.0. The van der Waals surface area contributed by atoms with Gasteiger partial charge < -0.3 is 25.7 Å². The summed E-state index contributed by atoms with van der Waals surface area (Å²) in [6.07, 6.45) is 1.43.